The van der Waals surface area contributed by atoms with Gasteiger partial charge in [-0.15, -0.1) is 11.3 Å². The van der Waals surface area contributed by atoms with E-state index < -0.39 is 11.9 Å². The van der Waals surface area contributed by atoms with Crippen molar-refractivity contribution in [3.05, 3.63) is 53.5 Å². The first-order valence-electron chi connectivity index (χ1n) is 7.20. The topological polar surface area (TPSA) is 82.5 Å². The van der Waals surface area contributed by atoms with Crippen molar-refractivity contribution in [3.8, 4) is 0 Å². The van der Waals surface area contributed by atoms with Crippen LogP contribution in [-0.4, -0.2) is 26.2 Å². The van der Waals surface area contributed by atoms with Gasteiger partial charge in [-0.2, -0.15) is 0 Å². The predicted molar refractivity (Wildman–Crippen MR) is 99.6 cm³/mol. The minimum atomic E-state index is -1.03. The summed E-state index contributed by atoms with van der Waals surface area (Å²) in [5.74, 6) is -1.81. The van der Waals surface area contributed by atoms with Crippen LogP contribution in [0, 0.1) is 0 Å². The molecule has 24 heavy (non-hydrogen) atoms. The third kappa shape index (κ3) is 3.52. The molecule has 0 amide bonds. The molecule has 1 atom stereocenters. The number of carboxylic acid groups (broad SMARTS) is 1. The van der Waals surface area contributed by atoms with Crippen molar-refractivity contribution in [2.75, 3.05) is 5.32 Å². The summed E-state index contributed by atoms with van der Waals surface area (Å²) in [6, 6.07) is 15.4. The molecule has 0 fully saturated rings. The third-order valence-electron chi connectivity index (χ3n) is 3.46. The predicted octanol–water partition coefficient (Wildman–Crippen LogP) is 4.48. The molecule has 3 N–H and O–H groups in total. The van der Waals surface area contributed by atoms with E-state index >= 15 is 0 Å². The summed E-state index contributed by atoms with van der Waals surface area (Å²) in [6.07, 6.45) is -0.281. The molecule has 1 heterocycles. The molecule has 122 valence electrons. The Morgan fingerprint density at radius 2 is 1.92 bits per heavy atom. The molecule has 1 aromatic heterocycles. The lowest BCUT2D eigenvalue weighted by Crippen LogP contribution is -2.14. The van der Waals surface area contributed by atoms with Crippen LogP contribution < -0.4 is 5.32 Å². The monoisotopic (exact) mass is 358 g/mol. The van der Waals surface area contributed by atoms with Gasteiger partial charge in [-0.3, -0.25) is 4.79 Å². The molecule has 1 unspecified atom stereocenters. The van der Waals surface area contributed by atoms with E-state index in [2.05, 4.69) is 10.3 Å². The van der Waals surface area contributed by atoms with Crippen LogP contribution in [0.3, 0.4) is 0 Å². The van der Waals surface area contributed by atoms with Crippen LogP contribution in [0.25, 0.3) is 10.2 Å². The Kier molecular flexibility index (Phi) is 4.73. The number of fused-ring (bicyclic) bond motifs is 1. The van der Waals surface area contributed by atoms with E-state index in [1.165, 1.54) is 11.3 Å². The number of benzene rings is 2. The fourth-order valence-electron chi connectivity index (χ4n) is 2.35. The molecule has 0 aliphatic rings. The van der Waals surface area contributed by atoms with E-state index in [0.717, 1.165) is 21.6 Å². The Morgan fingerprint density at radius 1 is 1.17 bits per heavy atom. The Labute approximate surface area is 147 Å². The van der Waals surface area contributed by atoms with E-state index in [-0.39, 0.29) is 11.5 Å². The normalized spacial score (nSPS) is 12.0. The van der Waals surface area contributed by atoms with Crippen LogP contribution in [0.4, 0.5) is 11.4 Å². The van der Waals surface area contributed by atoms with E-state index in [1.807, 2.05) is 48.5 Å². The lowest BCUT2D eigenvalue weighted by Gasteiger charge is -2.08. The highest BCUT2D eigenvalue weighted by Gasteiger charge is 2.24. The van der Waals surface area contributed by atoms with Gasteiger partial charge in [-0.25, -0.2) is 4.98 Å². The summed E-state index contributed by atoms with van der Waals surface area (Å²) in [6.45, 7) is 0. The number of nitrogens with one attached hydrogen (secondary N) is 1. The highest BCUT2D eigenvalue weighted by molar-refractivity contribution is 7.80. The van der Waals surface area contributed by atoms with Crippen molar-refractivity contribution in [1.82, 2.24) is 4.98 Å². The fourth-order valence-corrected chi connectivity index (χ4v) is 3.75. The maximum absolute atomic E-state index is 11.0. The van der Waals surface area contributed by atoms with E-state index in [1.54, 1.807) is 0 Å². The summed E-state index contributed by atoms with van der Waals surface area (Å²) in [5, 5.41) is 22.2. The molecule has 5 nitrogen and oxygen atoms in total. The molecule has 0 spiro atoms. The highest BCUT2D eigenvalue weighted by Crippen LogP contribution is 2.35. The largest absolute Gasteiger partial charge is 0.501 e. The van der Waals surface area contributed by atoms with Gasteiger partial charge < -0.3 is 15.5 Å². The number of carboxylic acids is 1. The average molecular weight is 358 g/mol. The smallest absolute Gasteiger partial charge is 0.304 e. The Bertz CT molecular complexity index is 893. The van der Waals surface area contributed by atoms with Crippen LogP contribution in [-0.2, 0) is 4.79 Å². The first-order valence-corrected chi connectivity index (χ1v) is 8.43. The maximum Gasteiger partial charge on any atom is 0.304 e. The Balaban J connectivity index is 2.00. The summed E-state index contributed by atoms with van der Waals surface area (Å²) in [7, 11) is 0. The van der Waals surface area contributed by atoms with Gasteiger partial charge in [-0.05, 0) is 36.5 Å². The number of aliphatic hydroxyl groups is 1. The van der Waals surface area contributed by atoms with Gasteiger partial charge in [0.1, 0.15) is 5.01 Å². The zero-order valence-electron chi connectivity index (χ0n) is 12.5. The van der Waals surface area contributed by atoms with Crippen LogP contribution in [0.15, 0.2) is 48.5 Å². The first kappa shape index (κ1) is 16.4. The van der Waals surface area contributed by atoms with Gasteiger partial charge >= 0.3 is 5.97 Å². The average Bonchev–Trinajstić information content (AvgIpc) is 2.98. The van der Waals surface area contributed by atoms with Crippen LogP contribution >= 0.6 is 23.6 Å². The van der Waals surface area contributed by atoms with E-state index in [0.29, 0.717) is 5.01 Å². The second-order valence-corrected chi connectivity index (χ2v) is 6.63. The number of aliphatic carboxylic acids is 1. The van der Waals surface area contributed by atoms with Crippen molar-refractivity contribution in [2.24, 2.45) is 0 Å². The Hall–Kier alpha value is -2.51. The van der Waals surface area contributed by atoms with Crippen molar-refractivity contribution < 1.29 is 15.0 Å². The molecule has 0 aliphatic heterocycles. The first-order chi connectivity index (χ1) is 11.5. The molecule has 3 aromatic rings. The molecule has 0 bridgehead atoms. The van der Waals surface area contributed by atoms with E-state index in [4.69, 9.17) is 17.3 Å². The van der Waals surface area contributed by atoms with Crippen molar-refractivity contribution >= 4 is 56.2 Å². The molecule has 0 radical (unpaired) electrons. The summed E-state index contributed by atoms with van der Waals surface area (Å²) >= 11 is 6.14. The minimum absolute atomic E-state index is 0.281. The van der Waals surface area contributed by atoms with Gasteiger partial charge in [0.05, 0.1) is 28.2 Å². The van der Waals surface area contributed by atoms with Gasteiger partial charge in [0.2, 0.25) is 0 Å². The lowest BCUT2D eigenvalue weighted by molar-refractivity contribution is -0.137. The number of aliphatic hydroxyl groups excluding tert-OH is 1. The molecule has 0 saturated heterocycles. The number of nitrogens with zero attached hydrogens (tertiary/aromatic N) is 1. The van der Waals surface area contributed by atoms with E-state index in [9.17, 15) is 9.90 Å². The third-order valence-corrected chi connectivity index (χ3v) is 4.96. The Morgan fingerprint density at radius 3 is 2.58 bits per heavy atom. The molecule has 0 aliphatic carbocycles. The zero-order valence-corrected chi connectivity index (χ0v) is 14.1. The van der Waals surface area contributed by atoms with Gasteiger partial charge in [-0.1, -0.05) is 24.3 Å². The number of hydrogen-bond donors (Lipinski definition) is 3. The number of hydrogen-bond acceptors (Lipinski definition) is 5. The number of thiazole rings is 1. The maximum atomic E-state index is 11.0. The SMILES string of the molecule is O=C(O)CC(C(O)=S)c1nc2cccc(Nc3ccccc3)c2s1. The summed E-state index contributed by atoms with van der Waals surface area (Å²) < 4.78 is 0.892. The van der Waals surface area contributed by atoms with Gasteiger partial charge in [0.25, 0.3) is 0 Å². The minimum Gasteiger partial charge on any atom is -0.501 e. The molecular weight excluding hydrogens is 344 g/mol. The summed E-state index contributed by atoms with van der Waals surface area (Å²) in [4.78, 5) is 15.5. The molecule has 0 saturated carbocycles. The second-order valence-electron chi connectivity index (χ2n) is 5.19. The lowest BCUT2D eigenvalue weighted by atomic mass is 10.1. The number of aromatic nitrogens is 1. The quantitative estimate of drug-likeness (QED) is 0.564. The highest BCUT2D eigenvalue weighted by atomic mass is 32.1. The molecular formula is C17H14N2O3S2. The second kappa shape index (κ2) is 6.94. The number of para-hydroxylation sites is 1. The van der Waals surface area contributed by atoms with Crippen LogP contribution in [0.1, 0.15) is 17.3 Å². The van der Waals surface area contributed by atoms with Gasteiger partial charge in [0.15, 0.2) is 5.05 Å². The fraction of sp³-hybridized carbons (Fsp3) is 0.118. The number of anilines is 2. The summed E-state index contributed by atoms with van der Waals surface area (Å²) in [5.41, 5.74) is 2.56. The van der Waals surface area contributed by atoms with Crippen molar-refractivity contribution in [2.45, 2.75) is 12.3 Å². The number of carbonyl (C=O) groups is 1. The molecule has 3 rings (SSSR count). The van der Waals surface area contributed by atoms with Crippen LogP contribution in [0.5, 0.6) is 0 Å². The number of thiocarbonyl (C=S) groups is 1. The number of rotatable bonds is 6. The zero-order chi connectivity index (χ0) is 17.1. The molecule has 2 aromatic carbocycles. The van der Waals surface area contributed by atoms with Crippen molar-refractivity contribution in [1.29, 1.82) is 0 Å². The van der Waals surface area contributed by atoms with Crippen LogP contribution in [0.2, 0.25) is 0 Å². The van der Waals surface area contributed by atoms with Gasteiger partial charge in [0, 0.05) is 5.69 Å². The van der Waals surface area contributed by atoms with Crippen molar-refractivity contribution in [3.63, 3.8) is 0 Å². The molecule has 7 heteroatoms. The standard InChI is InChI=1S/C17H14N2O3S2/c20-14(21)9-11(17(22)23)16-19-13-8-4-7-12(15(13)24-16)18-10-5-2-1-3-6-10/h1-8,11,18H,9H2,(H,20,21)(H,22,23).